The van der Waals surface area contributed by atoms with Crippen molar-refractivity contribution in [3.8, 4) is 0 Å². The number of nitrogens with zero attached hydrogens (tertiary/aromatic N) is 2. The van der Waals surface area contributed by atoms with Gasteiger partial charge in [0.2, 0.25) is 11.8 Å². The third-order valence-corrected chi connectivity index (χ3v) is 10.9. The van der Waals surface area contributed by atoms with Gasteiger partial charge >= 0.3 is 0 Å². The number of carbonyl (C=O) groups excluding carboxylic acids is 2. The summed E-state index contributed by atoms with van der Waals surface area (Å²) in [6.45, 7) is 3.98. The fourth-order valence-corrected chi connectivity index (χ4v) is 7.78. The van der Waals surface area contributed by atoms with E-state index in [2.05, 4.69) is 27.7 Å². The zero-order valence-corrected chi connectivity index (χ0v) is 25.1. The zero-order valence-electron chi connectivity index (χ0n) is 22.6. The smallest absolute Gasteiger partial charge is 0.229 e. The molecule has 1 saturated carbocycles. The summed E-state index contributed by atoms with van der Waals surface area (Å²) < 4.78 is 23.5. The largest absolute Gasteiger partial charge is 0.348 e. The molecule has 1 N–H and O–H groups in total. The van der Waals surface area contributed by atoms with Crippen LogP contribution in [-0.4, -0.2) is 62.5 Å². The van der Waals surface area contributed by atoms with E-state index in [4.69, 9.17) is 0 Å². The van der Waals surface area contributed by atoms with E-state index in [0.29, 0.717) is 11.4 Å². The first kappa shape index (κ1) is 30.0. The van der Waals surface area contributed by atoms with Crippen molar-refractivity contribution in [2.45, 2.75) is 68.8 Å². The summed E-state index contributed by atoms with van der Waals surface area (Å²) in [5, 5.41) is 5.42. The van der Waals surface area contributed by atoms with Crippen molar-refractivity contribution < 1.29 is 18.0 Å². The Balaban J connectivity index is 0.00000353. The van der Waals surface area contributed by atoms with Gasteiger partial charge in [-0.05, 0) is 80.8 Å². The average Bonchev–Trinajstić information content (AvgIpc) is 3.68. The Morgan fingerprint density at radius 3 is 2.36 bits per heavy atom. The Bertz CT molecular complexity index is 1220. The number of hydrogen-bond donors (Lipinski definition) is 1. The Morgan fingerprint density at radius 1 is 1.08 bits per heavy atom. The molecule has 3 heterocycles. The number of benzene rings is 1. The molecule has 1 aromatic heterocycles. The third-order valence-electron chi connectivity index (χ3n) is 8.80. The number of hydrogen-bond acceptors (Lipinski definition) is 6. The molecule has 10 heteroatoms. The lowest BCUT2D eigenvalue weighted by Gasteiger charge is -2.38. The van der Waals surface area contributed by atoms with Crippen LogP contribution >= 0.6 is 23.7 Å². The fourth-order valence-electron chi connectivity index (χ4n) is 6.34. The highest BCUT2D eigenvalue weighted by Crippen LogP contribution is 2.42. The molecule has 1 aromatic carbocycles. The van der Waals surface area contributed by atoms with E-state index in [9.17, 15) is 18.0 Å². The van der Waals surface area contributed by atoms with Crippen LogP contribution in [-0.2, 0) is 26.0 Å². The number of likely N-dealkylation sites (tertiary alicyclic amines) is 2. The molecule has 2 aliphatic heterocycles. The number of sulfone groups is 1. The van der Waals surface area contributed by atoms with Gasteiger partial charge in [0.25, 0.3) is 0 Å². The van der Waals surface area contributed by atoms with Crippen LogP contribution in [0.1, 0.15) is 67.8 Å². The van der Waals surface area contributed by atoms with Gasteiger partial charge in [-0.3, -0.25) is 9.59 Å². The summed E-state index contributed by atoms with van der Waals surface area (Å²) in [7, 11) is -3.22. The van der Waals surface area contributed by atoms with Crippen LogP contribution in [0, 0.1) is 11.3 Å². The van der Waals surface area contributed by atoms with Gasteiger partial charge in [-0.1, -0.05) is 31.0 Å². The predicted octanol–water partition coefficient (Wildman–Crippen LogP) is 4.83. The molecule has 0 bridgehead atoms. The normalized spacial score (nSPS) is 20.7. The molecule has 2 saturated heterocycles. The summed E-state index contributed by atoms with van der Waals surface area (Å²) in [5.41, 5.74) is 0.687. The topological polar surface area (TPSA) is 86.8 Å². The van der Waals surface area contributed by atoms with Gasteiger partial charge in [-0.25, -0.2) is 8.42 Å². The molecule has 1 atom stereocenters. The van der Waals surface area contributed by atoms with E-state index in [1.807, 2.05) is 17.0 Å². The molecule has 2 aromatic rings. The Morgan fingerprint density at radius 2 is 1.74 bits per heavy atom. The second-order valence-electron chi connectivity index (χ2n) is 11.4. The molecule has 1 spiro atoms. The van der Waals surface area contributed by atoms with Gasteiger partial charge < -0.3 is 15.1 Å². The van der Waals surface area contributed by atoms with Gasteiger partial charge in [0.1, 0.15) is 0 Å². The summed E-state index contributed by atoms with van der Waals surface area (Å²) in [6.07, 6.45) is 9.04. The van der Waals surface area contributed by atoms with Crippen molar-refractivity contribution in [2.24, 2.45) is 11.3 Å². The highest BCUT2D eigenvalue weighted by molar-refractivity contribution is 7.90. The molecule has 1 aliphatic carbocycles. The first-order chi connectivity index (χ1) is 18.2. The summed E-state index contributed by atoms with van der Waals surface area (Å²) in [6, 6.07) is 11.1. The second-order valence-corrected chi connectivity index (χ2v) is 14.4. The molecule has 3 fully saturated rings. The van der Waals surface area contributed by atoms with Gasteiger partial charge in [0.05, 0.1) is 16.4 Å². The zero-order chi connectivity index (χ0) is 26.8. The second kappa shape index (κ2) is 12.7. The number of halogens is 1. The monoisotopic (exact) mass is 593 g/mol. The van der Waals surface area contributed by atoms with E-state index in [1.54, 1.807) is 23.5 Å². The fraction of sp³-hybridized carbons (Fsp3) is 0.586. The number of piperidine rings is 1. The Labute approximate surface area is 242 Å². The van der Waals surface area contributed by atoms with Gasteiger partial charge in [0.15, 0.2) is 9.84 Å². The maximum absolute atomic E-state index is 13.5. The molecular formula is C29H40ClN3O4S2. The van der Waals surface area contributed by atoms with E-state index in [0.717, 1.165) is 83.1 Å². The summed E-state index contributed by atoms with van der Waals surface area (Å²) in [5.74, 6) is 0.618. The van der Waals surface area contributed by atoms with Crippen LogP contribution in [0.5, 0.6) is 0 Å². The van der Waals surface area contributed by atoms with Crippen molar-refractivity contribution in [3.63, 3.8) is 0 Å². The highest BCUT2D eigenvalue weighted by atomic mass is 35.5. The van der Waals surface area contributed by atoms with Gasteiger partial charge in [-0.2, -0.15) is 0 Å². The maximum atomic E-state index is 13.5. The highest BCUT2D eigenvalue weighted by Gasteiger charge is 2.47. The number of amides is 2. The Hall–Kier alpha value is -1.94. The molecular weight excluding hydrogens is 554 g/mol. The molecule has 7 nitrogen and oxygen atoms in total. The minimum absolute atomic E-state index is 0. The van der Waals surface area contributed by atoms with E-state index < -0.39 is 9.84 Å². The van der Waals surface area contributed by atoms with Gasteiger partial charge in [0, 0.05) is 36.7 Å². The van der Waals surface area contributed by atoms with E-state index in [1.165, 1.54) is 11.1 Å². The third kappa shape index (κ3) is 7.04. The minimum atomic E-state index is -3.22. The number of thiophene rings is 1. The lowest BCUT2D eigenvalue weighted by molar-refractivity contribution is -0.139. The van der Waals surface area contributed by atoms with E-state index in [-0.39, 0.29) is 41.6 Å². The number of rotatable bonds is 9. The summed E-state index contributed by atoms with van der Waals surface area (Å²) >= 11 is 1.71. The molecule has 5 rings (SSSR count). The van der Waals surface area contributed by atoms with Crippen LogP contribution in [0.15, 0.2) is 46.7 Å². The Kier molecular flexibility index (Phi) is 9.78. The van der Waals surface area contributed by atoms with Crippen LogP contribution in [0.3, 0.4) is 0 Å². The van der Waals surface area contributed by atoms with Crippen LogP contribution < -0.4 is 5.32 Å². The van der Waals surface area contributed by atoms with Crippen molar-refractivity contribution in [1.82, 2.24) is 15.1 Å². The molecule has 39 heavy (non-hydrogen) atoms. The SMILES string of the molecule is CS(=O)(=O)c1ccc(CN2CCC3(CCN(CCC(NC(=O)C4CCCC4)c4cccs4)CC3)C2=O)cc1.Cl. The van der Waals surface area contributed by atoms with E-state index >= 15 is 0 Å². The lowest BCUT2D eigenvalue weighted by Crippen LogP contribution is -2.45. The molecule has 3 aliphatic rings. The standard InChI is InChI=1S/C29H39N3O4S2.ClH/c1-38(35,36)24-10-8-22(9-11-24)21-32-19-15-29(28(32)34)13-17-31(18-14-29)16-12-25(26-7-4-20-37-26)30-27(33)23-5-2-3-6-23;/h4,7-11,20,23,25H,2-3,5-6,12-19,21H2,1H3,(H,30,33);1H. The first-order valence-corrected chi connectivity index (χ1v) is 16.7. The quantitative estimate of drug-likeness (QED) is 0.450. The van der Waals surface area contributed by atoms with Crippen molar-refractivity contribution in [2.75, 3.05) is 32.4 Å². The van der Waals surface area contributed by atoms with Crippen LogP contribution in [0.25, 0.3) is 0 Å². The molecule has 214 valence electrons. The maximum Gasteiger partial charge on any atom is 0.229 e. The summed E-state index contributed by atoms with van der Waals surface area (Å²) in [4.78, 5) is 32.2. The molecule has 0 radical (unpaired) electrons. The predicted molar refractivity (Wildman–Crippen MR) is 157 cm³/mol. The molecule has 1 unspecified atom stereocenters. The van der Waals surface area contributed by atoms with Crippen molar-refractivity contribution in [3.05, 3.63) is 52.2 Å². The van der Waals surface area contributed by atoms with Crippen LogP contribution in [0.4, 0.5) is 0 Å². The van der Waals surface area contributed by atoms with Crippen molar-refractivity contribution in [1.29, 1.82) is 0 Å². The van der Waals surface area contributed by atoms with Crippen molar-refractivity contribution >= 4 is 45.4 Å². The number of nitrogens with one attached hydrogen (secondary N) is 1. The average molecular weight is 594 g/mol. The van der Waals surface area contributed by atoms with Crippen LogP contribution in [0.2, 0.25) is 0 Å². The molecule has 2 amide bonds. The van der Waals surface area contributed by atoms with Gasteiger partial charge in [-0.15, -0.1) is 23.7 Å². The lowest BCUT2D eigenvalue weighted by atomic mass is 9.77. The number of carbonyl (C=O) groups is 2. The first-order valence-electron chi connectivity index (χ1n) is 13.9. The minimum Gasteiger partial charge on any atom is -0.348 e.